The number of thiol groups is 1. The Labute approximate surface area is 262 Å². The minimum absolute atomic E-state index is 0.00300. The van der Waals surface area contributed by atoms with E-state index in [1.165, 1.54) is 21.7 Å². The van der Waals surface area contributed by atoms with Crippen molar-refractivity contribution in [2.75, 3.05) is 24.7 Å². The maximum absolute atomic E-state index is 12.2. The Morgan fingerprint density at radius 3 is 2.80 bits per heavy atom. The molecule has 0 radical (unpaired) electrons. The van der Waals surface area contributed by atoms with Crippen molar-refractivity contribution in [2.24, 2.45) is 0 Å². The number of aromatic nitrogens is 9. The molecule has 6 heterocycles. The van der Waals surface area contributed by atoms with Crippen molar-refractivity contribution in [2.45, 2.75) is 47.6 Å². The normalized spacial score (nSPS) is 28.3. The van der Waals surface area contributed by atoms with E-state index < -0.39 is 60.0 Å². The summed E-state index contributed by atoms with van der Waals surface area (Å²) < 4.78 is 28.6. The topological polar surface area (TPSA) is 297 Å². The van der Waals surface area contributed by atoms with Crippen molar-refractivity contribution >= 4 is 78.8 Å². The summed E-state index contributed by atoms with van der Waals surface area (Å²) in [5.41, 5.74) is 11.6. The molecule has 8 atom stereocenters. The van der Waals surface area contributed by atoms with E-state index in [4.69, 9.17) is 41.6 Å². The van der Waals surface area contributed by atoms with Gasteiger partial charge in [-0.25, -0.2) is 19.2 Å². The number of nitrogens with one attached hydrogen (secondary N) is 1. The van der Waals surface area contributed by atoms with Crippen LogP contribution in [0.25, 0.3) is 16.8 Å². The van der Waals surface area contributed by atoms with Crippen LogP contribution in [-0.4, -0.2) is 108 Å². The number of hydrogen-bond acceptors (Lipinski definition) is 18. The van der Waals surface area contributed by atoms with E-state index in [0.717, 1.165) is 11.8 Å². The molecular formula is C19H25N11O9P2S3. The van der Waals surface area contributed by atoms with Gasteiger partial charge in [0.05, 0.1) is 42.6 Å². The van der Waals surface area contributed by atoms with Crippen LogP contribution in [0.4, 0.5) is 11.8 Å². The Kier molecular flexibility index (Phi) is 10.1. The van der Waals surface area contributed by atoms with Gasteiger partial charge in [-0.3, -0.25) is 18.9 Å². The molecule has 0 aromatic carbocycles. The summed E-state index contributed by atoms with van der Waals surface area (Å²) in [6.07, 6.45) is -2.13. The fraction of sp³-hybridized carbons (Fsp3) is 0.526. The second-order valence-corrected chi connectivity index (χ2v) is 14.1. The lowest BCUT2D eigenvalue weighted by atomic mass is 10.1. The Balaban J connectivity index is 0.00000123. The van der Waals surface area contributed by atoms with Crippen LogP contribution in [-0.2, 0) is 30.2 Å². The van der Waals surface area contributed by atoms with Crippen LogP contribution in [0, 0.1) is 0 Å². The lowest BCUT2D eigenvalue weighted by molar-refractivity contribution is -0.0298. The molecule has 2 aliphatic rings. The third-order valence-electron chi connectivity index (χ3n) is 6.65. The highest BCUT2D eigenvalue weighted by molar-refractivity contribution is 8.33. The average Bonchev–Trinajstić information content (AvgIpc) is 3.74. The van der Waals surface area contributed by atoms with Crippen LogP contribution in [0.1, 0.15) is 23.6 Å². The van der Waals surface area contributed by atoms with Gasteiger partial charge in [-0.1, -0.05) is 17.5 Å². The quantitative estimate of drug-likeness (QED) is 0.0780. The van der Waals surface area contributed by atoms with Gasteiger partial charge in [0.2, 0.25) is 13.6 Å². The maximum atomic E-state index is 12.2. The Bertz CT molecular complexity index is 1760. The SMILES string of the molecule is Nc1nc2c(nnn2[C@@H]2S[C@H](CO)[C@@H](O)[C@H]2OP(O)(=S)OC[C@H]2O[C@@H](c3cnc4c(N)ncnn34)C[C@@H]2O)c(=O)[nH]1.O=PS. The Morgan fingerprint density at radius 1 is 1.32 bits per heavy atom. The highest BCUT2D eigenvalue weighted by atomic mass is 32.7. The van der Waals surface area contributed by atoms with Crippen molar-refractivity contribution < 1.29 is 38.6 Å². The first-order valence-corrected chi connectivity index (χ1v) is 17.9. The molecule has 0 bridgehead atoms. The molecule has 44 heavy (non-hydrogen) atoms. The molecule has 2 aliphatic heterocycles. The van der Waals surface area contributed by atoms with E-state index in [9.17, 15) is 25.0 Å². The van der Waals surface area contributed by atoms with Crippen molar-refractivity contribution in [3.63, 3.8) is 0 Å². The predicted octanol–water partition coefficient (Wildman–Crippen LogP) is -1.28. The smallest absolute Gasteiger partial charge is 0.325 e. The molecule has 4 aromatic rings. The van der Waals surface area contributed by atoms with Crippen LogP contribution < -0.4 is 17.0 Å². The summed E-state index contributed by atoms with van der Waals surface area (Å²) in [5, 5.41) is 41.5. The third-order valence-corrected chi connectivity index (χ3v) is 9.74. The monoisotopic (exact) mass is 709 g/mol. The molecule has 0 amide bonds. The second-order valence-electron chi connectivity index (χ2n) is 9.34. The summed E-state index contributed by atoms with van der Waals surface area (Å²) in [4.78, 5) is 37.6. The molecule has 4 aromatic heterocycles. The zero-order valence-corrected chi connectivity index (χ0v) is 26.4. The van der Waals surface area contributed by atoms with Gasteiger partial charge in [-0.05, 0) is 11.8 Å². The third kappa shape index (κ3) is 6.59. The van der Waals surface area contributed by atoms with E-state index in [0.29, 0.717) is 11.3 Å². The molecule has 2 fully saturated rings. The van der Waals surface area contributed by atoms with Crippen LogP contribution in [0.15, 0.2) is 17.3 Å². The van der Waals surface area contributed by atoms with E-state index >= 15 is 0 Å². The number of aliphatic hydroxyl groups excluding tert-OH is 3. The van der Waals surface area contributed by atoms with Gasteiger partial charge in [-0.2, -0.15) is 10.1 Å². The lowest BCUT2D eigenvalue weighted by Crippen LogP contribution is -2.35. The van der Waals surface area contributed by atoms with Crippen LogP contribution in [0.3, 0.4) is 0 Å². The first kappa shape index (κ1) is 33.0. The maximum Gasteiger partial charge on any atom is 0.325 e. The van der Waals surface area contributed by atoms with E-state index in [-0.39, 0.29) is 43.6 Å². The summed E-state index contributed by atoms with van der Waals surface area (Å²) in [6.45, 7) is -4.87. The number of rotatable bonds is 8. The number of nitrogen functional groups attached to an aromatic ring is 2. The standard InChI is InChI=1S/C19H24N11O8PS2.HOPS/c20-14-16-22-2-6(29(16)24-5-23-14)8-1-7(32)9(37-8)4-36-39(35,40)38-13-12(33)10(3-31)41-18(13)30-15-11(27-28-30)17(34)26-19(21)25-15;1-2-3/h2,5,7-10,12-13,18,31-33H,1,3-4H2,(H,35,40)(H2,20,23,24)(H3,21,25,26,34);(H,1,3)/t7-,8+,9+,10+,12+,13+,18+,39?;/m0./s1. The summed E-state index contributed by atoms with van der Waals surface area (Å²) in [5.74, 6) is -0.00334. The summed E-state index contributed by atoms with van der Waals surface area (Å²) in [7, 11) is -0.139. The molecule has 1 unspecified atom stereocenters. The Hall–Kier alpha value is -2.40. The molecule has 0 saturated carbocycles. The molecule has 0 aliphatic carbocycles. The van der Waals surface area contributed by atoms with Crippen molar-refractivity contribution in [3.8, 4) is 0 Å². The van der Waals surface area contributed by atoms with Crippen molar-refractivity contribution in [3.05, 3.63) is 28.6 Å². The van der Waals surface area contributed by atoms with Crippen LogP contribution >= 0.6 is 38.4 Å². The number of ether oxygens (including phenoxy) is 1. The molecule has 6 rings (SSSR count). The van der Waals surface area contributed by atoms with Crippen molar-refractivity contribution in [1.29, 1.82) is 0 Å². The summed E-state index contributed by atoms with van der Waals surface area (Å²) >= 11 is 9.47. The molecule has 238 valence electrons. The molecular weight excluding hydrogens is 684 g/mol. The Morgan fingerprint density at radius 2 is 2.07 bits per heavy atom. The first-order chi connectivity index (χ1) is 21.0. The molecule has 0 spiro atoms. The zero-order valence-electron chi connectivity index (χ0n) is 22.0. The van der Waals surface area contributed by atoms with Gasteiger partial charge < -0.3 is 40.9 Å². The fourth-order valence-electron chi connectivity index (χ4n) is 4.70. The van der Waals surface area contributed by atoms with Gasteiger partial charge in [0, 0.05) is 6.42 Å². The van der Waals surface area contributed by atoms with Gasteiger partial charge >= 0.3 is 6.72 Å². The first-order valence-electron chi connectivity index (χ1n) is 12.4. The largest absolute Gasteiger partial charge is 0.395 e. The second kappa shape index (κ2) is 13.5. The number of hydrogen-bond donors (Lipinski definition) is 8. The number of imidazole rings is 1. The number of fused-ring (bicyclic) bond motifs is 2. The minimum atomic E-state index is -4.08. The number of aliphatic hydroxyl groups is 3. The van der Waals surface area contributed by atoms with Gasteiger partial charge in [0.1, 0.15) is 30.0 Å². The highest BCUT2D eigenvalue weighted by Crippen LogP contribution is 2.53. The highest BCUT2D eigenvalue weighted by Gasteiger charge is 2.49. The van der Waals surface area contributed by atoms with Gasteiger partial charge in [0.25, 0.3) is 5.56 Å². The molecule has 20 nitrogen and oxygen atoms in total. The fourth-order valence-corrected chi connectivity index (χ4v) is 7.60. The van der Waals surface area contributed by atoms with Crippen LogP contribution in [0.2, 0.25) is 0 Å². The minimum Gasteiger partial charge on any atom is -0.395 e. The zero-order chi connectivity index (χ0) is 31.8. The van der Waals surface area contributed by atoms with Crippen molar-refractivity contribution in [1.82, 2.24) is 44.5 Å². The molecule has 25 heteroatoms. The predicted molar refractivity (Wildman–Crippen MR) is 161 cm³/mol. The number of aromatic amines is 1. The number of nitrogens with zero attached hydrogens (tertiary/aromatic N) is 8. The number of H-pyrrole nitrogens is 1. The van der Waals surface area contributed by atoms with E-state index in [1.54, 1.807) is 0 Å². The average molecular weight is 710 g/mol. The lowest BCUT2D eigenvalue weighted by Gasteiger charge is -2.27. The van der Waals surface area contributed by atoms with E-state index in [2.05, 4.69) is 47.6 Å². The molecule has 9 N–H and O–H groups in total. The number of thioether (sulfide) groups is 1. The van der Waals surface area contributed by atoms with Gasteiger partial charge in [-0.15, -0.1) is 16.9 Å². The van der Waals surface area contributed by atoms with Crippen LogP contribution in [0.5, 0.6) is 0 Å². The number of nitrogens with two attached hydrogens (primary N) is 2. The summed E-state index contributed by atoms with van der Waals surface area (Å²) in [6, 6.07) is 0. The number of anilines is 2. The van der Waals surface area contributed by atoms with E-state index in [1.807, 2.05) is 0 Å². The molecule has 2 saturated heterocycles. The van der Waals surface area contributed by atoms with Gasteiger partial charge in [0.15, 0.2) is 22.6 Å².